The first kappa shape index (κ1) is 15.3. The van der Waals surface area contributed by atoms with Crippen LogP contribution in [0.1, 0.15) is 25.3 Å². The van der Waals surface area contributed by atoms with E-state index in [1.165, 1.54) is 17.9 Å². The van der Waals surface area contributed by atoms with Crippen LogP contribution in [0.4, 0.5) is 14.9 Å². The number of amides is 2. The molecule has 120 valence electrons. The summed E-state index contributed by atoms with van der Waals surface area (Å²) >= 11 is 0. The van der Waals surface area contributed by atoms with Crippen LogP contribution >= 0.6 is 0 Å². The summed E-state index contributed by atoms with van der Waals surface area (Å²) in [4.78, 5) is 24.1. The van der Waals surface area contributed by atoms with Crippen molar-refractivity contribution in [2.75, 3.05) is 18.0 Å². The molecule has 6 nitrogen and oxygen atoms in total. The number of benzene rings is 1. The van der Waals surface area contributed by atoms with Gasteiger partial charge in [0, 0.05) is 12.5 Å². The summed E-state index contributed by atoms with van der Waals surface area (Å²) in [5, 5.41) is 11.7. The zero-order valence-corrected chi connectivity index (χ0v) is 12.6. The summed E-state index contributed by atoms with van der Waals surface area (Å²) < 4.78 is 19.5. The lowest BCUT2D eigenvalue weighted by Crippen LogP contribution is -2.33. The van der Waals surface area contributed by atoms with E-state index in [0.717, 1.165) is 0 Å². The zero-order chi connectivity index (χ0) is 16.6. The maximum atomic E-state index is 14.3. The summed E-state index contributed by atoms with van der Waals surface area (Å²) in [6.07, 6.45) is 0.270. The SMILES string of the molecule is CC(=O)NC[C@H]1CN(c2ccc(C3(C#N)CC3)c(F)c2)C(=O)O1. The van der Waals surface area contributed by atoms with E-state index < -0.39 is 23.4 Å². The first-order chi connectivity index (χ1) is 10.9. The van der Waals surface area contributed by atoms with Gasteiger partial charge in [0.05, 0.1) is 30.3 Å². The maximum absolute atomic E-state index is 14.3. The van der Waals surface area contributed by atoms with Gasteiger partial charge >= 0.3 is 6.09 Å². The quantitative estimate of drug-likeness (QED) is 0.918. The molecule has 1 aromatic carbocycles. The van der Waals surface area contributed by atoms with Gasteiger partial charge in [-0.25, -0.2) is 9.18 Å². The average molecular weight is 317 g/mol. The average Bonchev–Trinajstić information content (AvgIpc) is 3.22. The fraction of sp³-hybridized carbons (Fsp3) is 0.438. The lowest BCUT2D eigenvalue weighted by molar-refractivity contribution is -0.119. The van der Waals surface area contributed by atoms with E-state index in [1.807, 2.05) is 0 Å². The second-order valence-corrected chi connectivity index (χ2v) is 5.91. The van der Waals surface area contributed by atoms with Crippen LogP contribution in [0, 0.1) is 17.1 Å². The fourth-order valence-corrected chi connectivity index (χ4v) is 2.72. The van der Waals surface area contributed by atoms with Gasteiger partial charge in [-0.2, -0.15) is 5.26 Å². The van der Waals surface area contributed by atoms with Crippen LogP contribution in [-0.2, 0) is 14.9 Å². The molecular formula is C16H16FN3O3. The molecule has 0 radical (unpaired) electrons. The summed E-state index contributed by atoms with van der Waals surface area (Å²) in [5.41, 5.74) is 0.0589. The molecule has 2 fully saturated rings. The molecule has 3 rings (SSSR count). The van der Waals surface area contributed by atoms with Crippen molar-refractivity contribution in [2.24, 2.45) is 0 Å². The third-order valence-electron chi connectivity index (χ3n) is 4.20. The standard InChI is InChI=1S/C16H16FN3O3/c1-10(21)19-7-12-8-20(15(22)23-12)11-2-3-13(14(17)6-11)16(9-18)4-5-16/h2-3,6,12H,4-5,7-8H2,1H3,(H,19,21)/t12-/m0/s1. The van der Waals surface area contributed by atoms with Gasteiger partial charge < -0.3 is 10.1 Å². The van der Waals surface area contributed by atoms with Crippen molar-refractivity contribution in [3.8, 4) is 6.07 Å². The Morgan fingerprint density at radius 3 is 2.87 bits per heavy atom. The van der Waals surface area contributed by atoms with Crippen molar-refractivity contribution in [3.63, 3.8) is 0 Å². The molecule has 1 saturated heterocycles. The third-order valence-corrected chi connectivity index (χ3v) is 4.20. The Labute approximate surface area is 132 Å². The van der Waals surface area contributed by atoms with Crippen LogP contribution in [0.2, 0.25) is 0 Å². The van der Waals surface area contributed by atoms with Crippen molar-refractivity contribution in [3.05, 3.63) is 29.6 Å². The zero-order valence-electron chi connectivity index (χ0n) is 12.6. The number of nitrogens with zero attached hydrogens (tertiary/aromatic N) is 2. The van der Waals surface area contributed by atoms with Crippen molar-refractivity contribution in [1.82, 2.24) is 5.32 Å². The minimum absolute atomic E-state index is 0.207. The van der Waals surface area contributed by atoms with Gasteiger partial charge in [-0.05, 0) is 25.0 Å². The molecule has 1 aliphatic carbocycles. The number of nitriles is 1. The second kappa shape index (κ2) is 5.54. The van der Waals surface area contributed by atoms with Crippen LogP contribution in [-0.4, -0.2) is 31.2 Å². The summed E-state index contributed by atoms with van der Waals surface area (Å²) in [7, 11) is 0. The van der Waals surface area contributed by atoms with E-state index in [-0.39, 0.29) is 19.0 Å². The van der Waals surface area contributed by atoms with Crippen LogP contribution in [0.15, 0.2) is 18.2 Å². The lowest BCUT2D eigenvalue weighted by atomic mass is 9.97. The van der Waals surface area contributed by atoms with E-state index in [0.29, 0.717) is 24.1 Å². The smallest absolute Gasteiger partial charge is 0.414 e. The van der Waals surface area contributed by atoms with E-state index in [2.05, 4.69) is 11.4 Å². The van der Waals surface area contributed by atoms with E-state index in [9.17, 15) is 14.0 Å². The Morgan fingerprint density at radius 2 is 2.30 bits per heavy atom. The minimum atomic E-state index is -0.706. The van der Waals surface area contributed by atoms with Crippen molar-refractivity contribution in [2.45, 2.75) is 31.3 Å². The number of anilines is 1. The molecular weight excluding hydrogens is 301 g/mol. The maximum Gasteiger partial charge on any atom is 0.414 e. The van der Waals surface area contributed by atoms with Gasteiger partial charge in [0.1, 0.15) is 11.9 Å². The topological polar surface area (TPSA) is 82.4 Å². The van der Waals surface area contributed by atoms with Crippen LogP contribution in [0.3, 0.4) is 0 Å². The van der Waals surface area contributed by atoms with Gasteiger partial charge in [-0.15, -0.1) is 0 Å². The van der Waals surface area contributed by atoms with Crippen LogP contribution in [0.25, 0.3) is 0 Å². The molecule has 1 N–H and O–H groups in total. The molecule has 2 aliphatic rings. The number of halogens is 1. The van der Waals surface area contributed by atoms with Crippen molar-refractivity contribution < 1.29 is 18.7 Å². The van der Waals surface area contributed by atoms with Gasteiger partial charge in [0.25, 0.3) is 0 Å². The highest BCUT2D eigenvalue weighted by Crippen LogP contribution is 2.48. The Balaban J connectivity index is 1.75. The van der Waals surface area contributed by atoms with Gasteiger partial charge in [0.2, 0.25) is 5.91 Å². The highest BCUT2D eigenvalue weighted by Gasteiger charge is 2.47. The Kier molecular flexibility index (Phi) is 3.68. The van der Waals surface area contributed by atoms with Gasteiger partial charge in [-0.3, -0.25) is 9.69 Å². The van der Waals surface area contributed by atoms with E-state index in [4.69, 9.17) is 10.00 Å². The highest BCUT2D eigenvalue weighted by atomic mass is 19.1. The van der Waals surface area contributed by atoms with Crippen LogP contribution in [0.5, 0.6) is 0 Å². The molecule has 23 heavy (non-hydrogen) atoms. The minimum Gasteiger partial charge on any atom is -0.442 e. The summed E-state index contributed by atoms with van der Waals surface area (Å²) in [5.74, 6) is -0.694. The normalized spacial score (nSPS) is 21.5. The van der Waals surface area contributed by atoms with E-state index in [1.54, 1.807) is 12.1 Å². The number of hydrogen-bond acceptors (Lipinski definition) is 4. The number of carbonyl (C=O) groups is 2. The number of carbonyl (C=O) groups excluding carboxylic acids is 2. The lowest BCUT2D eigenvalue weighted by Gasteiger charge is -2.15. The number of ether oxygens (including phenoxy) is 1. The fourth-order valence-electron chi connectivity index (χ4n) is 2.72. The Hall–Kier alpha value is -2.62. The van der Waals surface area contributed by atoms with Crippen molar-refractivity contribution >= 4 is 17.7 Å². The van der Waals surface area contributed by atoms with Gasteiger partial charge in [0.15, 0.2) is 0 Å². The summed E-state index contributed by atoms with van der Waals surface area (Å²) in [6, 6.07) is 6.60. The van der Waals surface area contributed by atoms with Crippen LogP contribution < -0.4 is 10.2 Å². The predicted octanol–water partition coefficient (Wildman–Crippen LogP) is 1.84. The highest BCUT2D eigenvalue weighted by molar-refractivity contribution is 5.89. The number of hydrogen-bond donors (Lipinski definition) is 1. The Bertz CT molecular complexity index is 709. The largest absolute Gasteiger partial charge is 0.442 e. The predicted molar refractivity (Wildman–Crippen MR) is 79.2 cm³/mol. The molecule has 1 heterocycles. The summed E-state index contributed by atoms with van der Waals surface area (Å²) in [6.45, 7) is 1.84. The molecule has 1 aromatic rings. The molecule has 1 atom stereocenters. The number of nitrogens with one attached hydrogen (secondary N) is 1. The van der Waals surface area contributed by atoms with Gasteiger partial charge in [-0.1, -0.05) is 6.07 Å². The molecule has 0 aromatic heterocycles. The Morgan fingerprint density at radius 1 is 1.57 bits per heavy atom. The number of rotatable bonds is 4. The monoisotopic (exact) mass is 317 g/mol. The molecule has 0 bridgehead atoms. The molecule has 0 spiro atoms. The molecule has 2 amide bonds. The third kappa shape index (κ3) is 2.84. The number of cyclic esters (lactones) is 1. The van der Waals surface area contributed by atoms with E-state index >= 15 is 0 Å². The molecule has 1 aliphatic heterocycles. The first-order valence-corrected chi connectivity index (χ1v) is 7.39. The second-order valence-electron chi connectivity index (χ2n) is 5.91. The molecule has 0 unspecified atom stereocenters. The molecule has 1 saturated carbocycles. The van der Waals surface area contributed by atoms with Crippen molar-refractivity contribution in [1.29, 1.82) is 5.26 Å². The first-order valence-electron chi connectivity index (χ1n) is 7.39. The molecule has 7 heteroatoms.